The van der Waals surface area contributed by atoms with Crippen molar-refractivity contribution in [2.75, 3.05) is 31.1 Å². The first-order valence-electron chi connectivity index (χ1n) is 9.11. The Hall–Kier alpha value is -0.970. The average Bonchev–Trinajstić information content (AvgIpc) is 2.62. The van der Waals surface area contributed by atoms with E-state index < -0.39 is 0 Å². The molecule has 0 saturated carbocycles. The first-order chi connectivity index (χ1) is 11.3. The Balaban J connectivity index is 0.00000156. The second kappa shape index (κ2) is 11.6. The molecule has 2 fully saturated rings. The lowest BCUT2D eigenvalue weighted by molar-refractivity contribution is -0.122. The fraction of sp³-hybridized carbons (Fsp3) is 0.632. The van der Waals surface area contributed by atoms with Gasteiger partial charge in [-0.05, 0) is 63.2 Å². The Morgan fingerprint density at radius 2 is 1.68 bits per heavy atom. The maximum Gasteiger partial charge on any atom is 0.220 e. The van der Waals surface area contributed by atoms with Gasteiger partial charge in [-0.25, -0.2) is 0 Å². The van der Waals surface area contributed by atoms with E-state index in [1.165, 1.54) is 18.5 Å². The second-order valence-corrected chi connectivity index (χ2v) is 6.90. The monoisotopic (exact) mass is 387 g/mol. The molecule has 2 heterocycles. The van der Waals surface area contributed by atoms with Crippen molar-refractivity contribution < 1.29 is 4.79 Å². The summed E-state index contributed by atoms with van der Waals surface area (Å²) in [6.07, 6.45) is 6.30. The van der Waals surface area contributed by atoms with Crippen LogP contribution in [0.5, 0.6) is 0 Å². The van der Waals surface area contributed by atoms with Crippen molar-refractivity contribution in [1.82, 2.24) is 10.6 Å². The van der Waals surface area contributed by atoms with E-state index in [9.17, 15) is 4.79 Å². The average molecular weight is 388 g/mol. The maximum atomic E-state index is 12.2. The lowest BCUT2D eigenvalue weighted by atomic mass is 9.93. The maximum absolute atomic E-state index is 12.2. The SMILES string of the molecule is Cl.Cl.O=C(CCC1CCNCC1)NC1CCN(c2ccccc2)CC1. The van der Waals surface area contributed by atoms with E-state index in [4.69, 9.17) is 0 Å². The Kier molecular flexibility index (Phi) is 10.2. The van der Waals surface area contributed by atoms with Gasteiger partial charge in [-0.2, -0.15) is 0 Å². The molecule has 0 unspecified atom stereocenters. The highest BCUT2D eigenvalue weighted by Gasteiger charge is 2.21. The first-order valence-corrected chi connectivity index (χ1v) is 9.11. The molecule has 1 amide bonds. The number of nitrogens with one attached hydrogen (secondary N) is 2. The summed E-state index contributed by atoms with van der Waals surface area (Å²) in [4.78, 5) is 14.6. The standard InChI is InChI=1S/C19H29N3O.2ClH/c23-19(7-6-16-8-12-20-13-9-16)21-17-10-14-22(15-11-17)18-4-2-1-3-5-18;;/h1-5,16-17,20H,6-15H2,(H,21,23);2*1H. The van der Waals surface area contributed by atoms with Gasteiger partial charge in [0.15, 0.2) is 0 Å². The predicted octanol–water partition coefficient (Wildman–Crippen LogP) is 3.40. The molecule has 2 aliphatic rings. The summed E-state index contributed by atoms with van der Waals surface area (Å²) >= 11 is 0. The summed E-state index contributed by atoms with van der Waals surface area (Å²) in [6.45, 7) is 4.29. The highest BCUT2D eigenvalue weighted by molar-refractivity contribution is 5.85. The van der Waals surface area contributed by atoms with E-state index in [1.807, 2.05) is 0 Å². The number of rotatable bonds is 5. The van der Waals surface area contributed by atoms with Gasteiger partial charge in [0, 0.05) is 31.2 Å². The normalized spacial score (nSPS) is 18.8. The summed E-state index contributed by atoms with van der Waals surface area (Å²) < 4.78 is 0. The molecule has 1 aromatic rings. The van der Waals surface area contributed by atoms with Gasteiger partial charge in [0.25, 0.3) is 0 Å². The summed E-state index contributed by atoms with van der Waals surface area (Å²) in [7, 11) is 0. The zero-order chi connectivity index (χ0) is 15.9. The van der Waals surface area contributed by atoms with Gasteiger partial charge >= 0.3 is 0 Å². The molecule has 0 bridgehead atoms. The number of benzene rings is 1. The Labute approximate surface area is 163 Å². The lowest BCUT2D eigenvalue weighted by Crippen LogP contribution is -2.44. The number of nitrogens with zero attached hydrogens (tertiary/aromatic N) is 1. The van der Waals surface area contributed by atoms with E-state index in [0.29, 0.717) is 12.5 Å². The van der Waals surface area contributed by atoms with Crippen molar-refractivity contribution in [3.63, 3.8) is 0 Å². The summed E-state index contributed by atoms with van der Waals surface area (Å²) in [5.41, 5.74) is 1.29. The first kappa shape index (κ1) is 22.1. The largest absolute Gasteiger partial charge is 0.371 e. The molecule has 3 rings (SSSR count). The second-order valence-electron chi connectivity index (χ2n) is 6.90. The third kappa shape index (κ3) is 7.04. The Bertz CT molecular complexity index is 487. The molecule has 6 heteroatoms. The minimum atomic E-state index is 0. The van der Waals surface area contributed by atoms with Crippen LogP contribution in [0.25, 0.3) is 0 Å². The molecule has 0 atom stereocenters. The van der Waals surface area contributed by atoms with Gasteiger partial charge in [-0.15, -0.1) is 24.8 Å². The van der Waals surface area contributed by atoms with Gasteiger partial charge < -0.3 is 15.5 Å². The molecule has 25 heavy (non-hydrogen) atoms. The highest BCUT2D eigenvalue weighted by Crippen LogP contribution is 2.20. The molecule has 0 spiro atoms. The van der Waals surface area contributed by atoms with Gasteiger partial charge in [0.2, 0.25) is 5.91 Å². The number of halogens is 2. The van der Waals surface area contributed by atoms with E-state index in [-0.39, 0.29) is 30.7 Å². The molecular formula is C19H31Cl2N3O. The van der Waals surface area contributed by atoms with Crippen LogP contribution in [0, 0.1) is 5.92 Å². The zero-order valence-corrected chi connectivity index (χ0v) is 16.4. The van der Waals surface area contributed by atoms with Gasteiger partial charge in [0.1, 0.15) is 0 Å². The topological polar surface area (TPSA) is 44.4 Å². The van der Waals surface area contributed by atoms with E-state index >= 15 is 0 Å². The number of hydrogen-bond donors (Lipinski definition) is 2. The highest BCUT2D eigenvalue weighted by atomic mass is 35.5. The van der Waals surface area contributed by atoms with Gasteiger partial charge in [0.05, 0.1) is 0 Å². The van der Waals surface area contributed by atoms with E-state index in [1.54, 1.807) is 0 Å². The third-order valence-corrected chi connectivity index (χ3v) is 5.22. The summed E-state index contributed by atoms with van der Waals surface area (Å²) in [5, 5.41) is 6.63. The van der Waals surface area contributed by atoms with Gasteiger partial charge in [-0.1, -0.05) is 18.2 Å². The number of carbonyl (C=O) groups is 1. The number of piperidine rings is 2. The molecule has 2 N–H and O–H groups in total. The quantitative estimate of drug-likeness (QED) is 0.813. The molecule has 0 radical (unpaired) electrons. The van der Waals surface area contributed by atoms with Gasteiger partial charge in [-0.3, -0.25) is 4.79 Å². The minimum Gasteiger partial charge on any atom is -0.371 e. The van der Waals surface area contributed by atoms with Crippen molar-refractivity contribution in [3.05, 3.63) is 30.3 Å². The van der Waals surface area contributed by atoms with Crippen LogP contribution >= 0.6 is 24.8 Å². The number of carbonyl (C=O) groups excluding carboxylic acids is 1. The minimum absolute atomic E-state index is 0. The van der Waals surface area contributed by atoms with Crippen molar-refractivity contribution >= 4 is 36.4 Å². The van der Waals surface area contributed by atoms with Crippen LogP contribution < -0.4 is 15.5 Å². The summed E-state index contributed by atoms with van der Waals surface area (Å²) in [5.74, 6) is 0.989. The summed E-state index contributed by atoms with van der Waals surface area (Å²) in [6, 6.07) is 10.9. The molecule has 142 valence electrons. The van der Waals surface area contributed by atoms with Crippen molar-refractivity contribution in [1.29, 1.82) is 0 Å². The number of para-hydroxylation sites is 1. The van der Waals surface area contributed by atoms with Crippen LogP contribution in [0.3, 0.4) is 0 Å². The molecule has 0 aromatic heterocycles. The number of hydrogen-bond acceptors (Lipinski definition) is 3. The van der Waals surface area contributed by atoms with E-state index in [2.05, 4.69) is 45.9 Å². The van der Waals surface area contributed by atoms with Crippen LogP contribution in [-0.2, 0) is 4.79 Å². The van der Waals surface area contributed by atoms with Crippen LogP contribution in [0.1, 0.15) is 38.5 Å². The number of amides is 1. The third-order valence-electron chi connectivity index (χ3n) is 5.22. The Morgan fingerprint density at radius 1 is 1.04 bits per heavy atom. The molecule has 4 nitrogen and oxygen atoms in total. The molecule has 2 saturated heterocycles. The predicted molar refractivity (Wildman–Crippen MR) is 109 cm³/mol. The van der Waals surface area contributed by atoms with Crippen LogP contribution in [0.4, 0.5) is 5.69 Å². The smallest absolute Gasteiger partial charge is 0.220 e. The number of anilines is 1. The fourth-order valence-corrected chi connectivity index (χ4v) is 3.73. The molecule has 2 aliphatic heterocycles. The lowest BCUT2D eigenvalue weighted by Gasteiger charge is -2.34. The Morgan fingerprint density at radius 3 is 2.32 bits per heavy atom. The van der Waals surface area contributed by atoms with Crippen LogP contribution in [-0.4, -0.2) is 38.1 Å². The molecular weight excluding hydrogens is 357 g/mol. The van der Waals surface area contributed by atoms with Crippen molar-refractivity contribution in [2.45, 2.75) is 44.6 Å². The van der Waals surface area contributed by atoms with Crippen LogP contribution in [0.2, 0.25) is 0 Å². The van der Waals surface area contributed by atoms with E-state index in [0.717, 1.165) is 51.4 Å². The van der Waals surface area contributed by atoms with Crippen LogP contribution in [0.15, 0.2) is 30.3 Å². The molecule has 0 aliphatic carbocycles. The zero-order valence-electron chi connectivity index (χ0n) is 14.8. The molecule has 1 aromatic carbocycles. The van der Waals surface area contributed by atoms with Crippen molar-refractivity contribution in [3.8, 4) is 0 Å². The fourth-order valence-electron chi connectivity index (χ4n) is 3.73. The van der Waals surface area contributed by atoms with Crippen molar-refractivity contribution in [2.24, 2.45) is 5.92 Å².